The molecule has 0 aliphatic rings. The first kappa shape index (κ1) is 10.5. The lowest BCUT2D eigenvalue weighted by Gasteiger charge is -1.98. The summed E-state index contributed by atoms with van der Waals surface area (Å²) in [6, 6.07) is 0. The Hall–Kier alpha value is -0.620. The van der Waals surface area contributed by atoms with Gasteiger partial charge in [0.25, 0.3) is 0 Å². The van der Waals surface area contributed by atoms with Crippen LogP contribution in [0.3, 0.4) is 0 Å². The predicted octanol–water partition coefficient (Wildman–Crippen LogP) is 2.58. The molecule has 1 rings (SSSR count). The Balaban J connectivity index is 2.93. The van der Waals surface area contributed by atoms with Crippen LogP contribution in [-0.4, -0.2) is 16.6 Å². The molecule has 0 N–H and O–H groups in total. The number of ketones is 1. The quantitative estimate of drug-likeness (QED) is 0.576. The maximum Gasteiger partial charge on any atom is 0.443 e. The fourth-order valence-corrected chi connectivity index (χ4v) is 1.43. The monoisotopic (exact) mass is 229 g/mol. The second-order valence-electron chi connectivity index (χ2n) is 2.09. The van der Waals surface area contributed by atoms with Gasteiger partial charge in [-0.1, -0.05) is 0 Å². The third-order valence-corrected chi connectivity index (χ3v) is 2.28. The van der Waals surface area contributed by atoms with E-state index in [1.165, 1.54) is 0 Å². The molecular weight excluding hydrogens is 227 g/mol. The van der Waals surface area contributed by atoms with Crippen molar-refractivity contribution < 1.29 is 18.0 Å². The summed E-state index contributed by atoms with van der Waals surface area (Å²) in [4.78, 5) is 13.9. The van der Waals surface area contributed by atoms with E-state index in [-0.39, 0.29) is 11.6 Å². The molecule has 0 saturated heterocycles. The lowest BCUT2D eigenvalue weighted by Crippen LogP contribution is -2.06. The van der Waals surface area contributed by atoms with E-state index < -0.39 is 17.0 Å². The number of Topliss-reactive ketones (excluding diaryl/α,β-unsaturated/α-hetero) is 1. The Labute approximate surface area is 80.3 Å². The molecule has 2 nitrogen and oxygen atoms in total. The van der Waals surface area contributed by atoms with Gasteiger partial charge < -0.3 is 0 Å². The smallest absolute Gasteiger partial charge is 0.291 e. The molecule has 0 atom stereocenters. The highest BCUT2D eigenvalue weighted by Crippen LogP contribution is 2.31. The largest absolute Gasteiger partial charge is 0.443 e. The van der Waals surface area contributed by atoms with Crippen LogP contribution in [0.25, 0.3) is 0 Å². The number of nitrogens with zero attached hydrogens (tertiary/aromatic N) is 1. The highest BCUT2D eigenvalue weighted by molar-refractivity contribution is 7.10. The Bertz CT molecular complexity index is 322. The Morgan fingerprint density at radius 2 is 2.23 bits per heavy atom. The van der Waals surface area contributed by atoms with Crippen molar-refractivity contribution in [3.8, 4) is 0 Å². The molecule has 0 aliphatic heterocycles. The molecule has 1 aromatic heterocycles. The lowest BCUT2D eigenvalue weighted by molar-refractivity contribution is -0.137. The lowest BCUT2D eigenvalue weighted by atomic mass is 10.3. The minimum absolute atomic E-state index is 0.229. The molecule has 72 valence electrons. The molecule has 1 aromatic rings. The summed E-state index contributed by atoms with van der Waals surface area (Å²) < 4.78 is 35.9. The summed E-state index contributed by atoms with van der Waals surface area (Å²) in [5, 5.41) is 0.0223. The van der Waals surface area contributed by atoms with Gasteiger partial charge in [0.2, 0.25) is 0 Å². The third kappa shape index (κ3) is 2.41. The van der Waals surface area contributed by atoms with E-state index in [1.54, 1.807) is 0 Å². The number of alkyl halides is 4. The van der Waals surface area contributed by atoms with E-state index >= 15 is 0 Å². The molecule has 0 aliphatic carbocycles. The Morgan fingerprint density at radius 3 is 2.62 bits per heavy atom. The van der Waals surface area contributed by atoms with Crippen LogP contribution >= 0.6 is 22.9 Å². The SMILES string of the molecule is O=C(CCl)c1csc(C(F)(F)F)n1. The molecular formula is C6H3ClF3NOS. The summed E-state index contributed by atoms with van der Waals surface area (Å²) >= 11 is 5.53. The molecule has 0 fully saturated rings. The number of thiazole rings is 1. The van der Waals surface area contributed by atoms with Crippen LogP contribution in [0, 0.1) is 0 Å². The minimum atomic E-state index is -4.49. The molecule has 0 bridgehead atoms. The van der Waals surface area contributed by atoms with Gasteiger partial charge in [-0.3, -0.25) is 4.79 Å². The van der Waals surface area contributed by atoms with Crippen LogP contribution in [0.2, 0.25) is 0 Å². The zero-order chi connectivity index (χ0) is 10.1. The van der Waals surface area contributed by atoms with E-state index in [1.807, 2.05) is 0 Å². The van der Waals surface area contributed by atoms with E-state index in [9.17, 15) is 18.0 Å². The molecule has 7 heteroatoms. The average molecular weight is 230 g/mol. The number of hydrogen-bond donors (Lipinski definition) is 0. The van der Waals surface area contributed by atoms with Gasteiger partial charge >= 0.3 is 6.18 Å². The fourth-order valence-electron chi connectivity index (χ4n) is 0.600. The van der Waals surface area contributed by atoms with Crippen molar-refractivity contribution in [2.75, 3.05) is 5.88 Å². The van der Waals surface area contributed by atoms with Crippen molar-refractivity contribution >= 4 is 28.7 Å². The minimum Gasteiger partial charge on any atom is -0.291 e. The summed E-state index contributed by atoms with van der Waals surface area (Å²) in [7, 11) is 0. The van der Waals surface area contributed by atoms with E-state index in [0.717, 1.165) is 5.38 Å². The van der Waals surface area contributed by atoms with Gasteiger partial charge in [0, 0.05) is 5.38 Å². The van der Waals surface area contributed by atoms with Crippen molar-refractivity contribution in [2.45, 2.75) is 6.18 Å². The van der Waals surface area contributed by atoms with Crippen LogP contribution in [0.1, 0.15) is 15.5 Å². The second-order valence-corrected chi connectivity index (χ2v) is 3.22. The number of halogens is 4. The zero-order valence-corrected chi connectivity index (χ0v) is 7.63. The number of carbonyl (C=O) groups excluding carboxylic acids is 1. The van der Waals surface area contributed by atoms with Crippen LogP contribution in [-0.2, 0) is 6.18 Å². The van der Waals surface area contributed by atoms with Crippen molar-refractivity contribution in [3.05, 3.63) is 16.1 Å². The number of rotatable bonds is 2. The van der Waals surface area contributed by atoms with Crippen molar-refractivity contribution in [3.63, 3.8) is 0 Å². The van der Waals surface area contributed by atoms with E-state index in [0.29, 0.717) is 11.3 Å². The first-order valence-corrected chi connectivity index (χ1v) is 4.48. The molecule has 0 spiro atoms. The number of carbonyl (C=O) groups is 1. The highest BCUT2D eigenvalue weighted by atomic mass is 35.5. The zero-order valence-electron chi connectivity index (χ0n) is 6.06. The average Bonchev–Trinajstić information content (AvgIpc) is 2.50. The van der Waals surface area contributed by atoms with Crippen molar-refractivity contribution in [1.82, 2.24) is 4.98 Å². The molecule has 0 amide bonds. The maximum absolute atomic E-state index is 12.0. The van der Waals surface area contributed by atoms with Crippen LogP contribution in [0.5, 0.6) is 0 Å². The Kier molecular flexibility index (Phi) is 2.92. The van der Waals surface area contributed by atoms with Crippen molar-refractivity contribution in [1.29, 1.82) is 0 Å². The molecule has 1 heterocycles. The first-order chi connectivity index (χ1) is 5.95. The van der Waals surface area contributed by atoms with E-state index in [2.05, 4.69) is 4.98 Å². The van der Waals surface area contributed by atoms with Gasteiger partial charge in [0.1, 0.15) is 5.69 Å². The summed E-state index contributed by atoms with van der Waals surface area (Å²) in [6.07, 6.45) is -4.49. The van der Waals surface area contributed by atoms with Gasteiger partial charge in [0.15, 0.2) is 10.8 Å². The molecule has 0 saturated carbocycles. The molecule has 0 aromatic carbocycles. The molecule has 13 heavy (non-hydrogen) atoms. The standard InChI is InChI=1S/C6H3ClF3NOS/c7-1-4(12)3-2-13-5(11-3)6(8,9)10/h2H,1H2. The summed E-state index contributed by atoms with van der Waals surface area (Å²) in [6.45, 7) is 0. The van der Waals surface area contributed by atoms with Crippen LogP contribution < -0.4 is 0 Å². The van der Waals surface area contributed by atoms with Crippen LogP contribution in [0.4, 0.5) is 13.2 Å². The normalized spacial score (nSPS) is 11.7. The van der Waals surface area contributed by atoms with Gasteiger partial charge in [-0.25, -0.2) is 4.98 Å². The van der Waals surface area contributed by atoms with Crippen molar-refractivity contribution in [2.24, 2.45) is 0 Å². The van der Waals surface area contributed by atoms with Gasteiger partial charge in [-0.15, -0.1) is 22.9 Å². The van der Waals surface area contributed by atoms with Gasteiger partial charge in [-0.05, 0) is 0 Å². The molecule has 0 unspecified atom stereocenters. The van der Waals surface area contributed by atoms with Gasteiger partial charge in [0.05, 0.1) is 5.88 Å². The topological polar surface area (TPSA) is 30.0 Å². The summed E-state index contributed by atoms with van der Waals surface area (Å²) in [5.41, 5.74) is -0.229. The van der Waals surface area contributed by atoms with E-state index in [4.69, 9.17) is 11.6 Å². The fraction of sp³-hybridized carbons (Fsp3) is 0.333. The predicted molar refractivity (Wildman–Crippen MR) is 42.2 cm³/mol. The first-order valence-electron chi connectivity index (χ1n) is 3.07. The number of hydrogen-bond acceptors (Lipinski definition) is 3. The maximum atomic E-state index is 12.0. The number of aromatic nitrogens is 1. The summed E-state index contributed by atoms with van der Waals surface area (Å²) in [5.74, 6) is -0.963. The van der Waals surface area contributed by atoms with Crippen LogP contribution in [0.15, 0.2) is 5.38 Å². The second kappa shape index (κ2) is 3.63. The Morgan fingerprint density at radius 1 is 1.62 bits per heavy atom. The highest BCUT2D eigenvalue weighted by Gasteiger charge is 2.35. The molecule has 0 radical (unpaired) electrons. The van der Waals surface area contributed by atoms with Gasteiger partial charge in [-0.2, -0.15) is 13.2 Å². The third-order valence-electron chi connectivity index (χ3n) is 1.15.